The molecule has 37 heavy (non-hydrogen) atoms. The predicted molar refractivity (Wildman–Crippen MR) is 156 cm³/mol. The van der Waals surface area contributed by atoms with Gasteiger partial charge in [-0.1, -0.05) is 0 Å². The summed E-state index contributed by atoms with van der Waals surface area (Å²) in [6, 6.07) is 0.983. The van der Waals surface area contributed by atoms with Gasteiger partial charge in [-0.15, -0.1) is 0 Å². The Morgan fingerprint density at radius 2 is 1.16 bits per heavy atom. The van der Waals surface area contributed by atoms with Crippen molar-refractivity contribution >= 4 is 35.5 Å². The lowest BCUT2D eigenvalue weighted by Crippen LogP contribution is -2.60. The molecule has 0 atom stereocenters. The summed E-state index contributed by atoms with van der Waals surface area (Å²) >= 11 is 0. The maximum atomic E-state index is 6.26. The molecule has 0 saturated carbocycles. The molecule has 0 aromatic heterocycles. The fraction of sp³-hybridized carbons (Fsp3) is 1.00. The molecule has 0 aliphatic carbocycles. The van der Waals surface area contributed by atoms with Crippen LogP contribution in [0.2, 0.25) is 32.2 Å². The van der Waals surface area contributed by atoms with Crippen molar-refractivity contribution in [2.75, 3.05) is 56.3 Å². The van der Waals surface area contributed by atoms with Gasteiger partial charge in [-0.3, -0.25) is 4.90 Å². The van der Waals surface area contributed by atoms with E-state index in [1.54, 1.807) is 21.3 Å². The Morgan fingerprint density at radius 3 is 1.49 bits per heavy atom. The molecule has 1 saturated heterocycles. The molecule has 0 amide bonds. The van der Waals surface area contributed by atoms with E-state index in [0.29, 0.717) is 6.10 Å². The summed E-state index contributed by atoms with van der Waals surface area (Å²) in [5.41, 5.74) is 0.314. The fourth-order valence-electron chi connectivity index (χ4n) is 4.59. The van der Waals surface area contributed by atoms with Crippen LogP contribution in [-0.4, -0.2) is 114 Å². The molecule has 1 rings (SSSR count). The van der Waals surface area contributed by atoms with Crippen LogP contribution in [-0.2, 0) is 39.5 Å². The lowest BCUT2D eigenvalue weighted by Gasteiger charge is -2.53. The second kappa shape index (κ2) is 16.0. The molecule has 224 valence electrons. The molecule has 1 heterocycles. The van der Waals surface area contributed by atoms with E-state index < -0.39 is 35.5 Å². The van der Waals surface area contributed by atoms with Gasteiger partial charge in [0.05, 0.1) is 6.10 Å². The van der Waals surface area contributed by atoms with Crippen molar-refractivity contribution < 1.29 is 39.5 Å². The SMILES string of the molecule is CO[Si](OC)(OC)O[SiH](C)C.CO[Si](OC)(OC)O[Si](C)(C)CCCOC1CC(C)(C)N(C)C(C)(C)C1. The molecule has 0 aromatic carbocycles. The molecule has 0 spiro atoms. The molecule has 1 aliphatic heterocycles. The van der Waals surface area contributed by atoms with Crippen LogP contribution in [0.5, 0.6) is 0 Å². The lowest BCUT2D eigenvalue weighted by molar-refractivity contribution is -0.0912. The Morgan fingerprint density at radius 1 is 0.757 bits per heavy atom. The Kier molecular flexibility index (Phi) is 16.2. The average molecular weight is 604 g/mol. The van der Waals surface area contributed by atoms with Crippen LogP contribution >= 0.6 is 0 Å². The van der Waals surface area contributed by atoms with Crippen molar-refractivity contribution in [3.63, 3.8) is 0 Å². The van der Waals surface area contributed by atoms with Crippen LogP contribution in [0.4, 0.5) is 0 Å². The summed E-state index contributed by atoms with van der Waals surface area (Å²) in [5.74, 6) is 0. The minimum Gasteiger partial charge on any atom is -0.397 e. The summed E-state index contributed by atoms with van der Waals surface area (Å²) in [6.07, 6.45) is 3.43. The zero-order valence-corrected chi connectivity index (χ0v) is 30.5. The first-order chi connectivity index (χ1) is 16.9. The van der Waals surface area contributed by atoms with E-state index in [-0.39, 0.29) is 11.1 Å². The van der Waals surface area contributed by atoms with Gasteiger partial charge in [-0.25, -0.2) is 0 Å². The van der Waals surface area contributed by atoms with E-state index in [0.717, 1.165) is 31.9 Å². The second-order valence-electron chi connectivity index (χ2n) is 11.4. The monoisotopic (exact) mass is 603 g/mol. The maximum absolute atomic E-state index is 6.26. The molecule has 1 aliphatic rings. The van der Waals surface area contributed by atoms with Crippen LogP contribution in [0.1, 0.15) is 47.0 Å². The molecule has 0 bridgehead atoms. The summed E-state index contributed by atoms with van der Waals surface area (Å²) in [6.45, 7) is 18.4. The van der Waals surface area contributed by atoms with E-state index in [9.17, 15) is 0 Å². The number of likely N-dealkylation sites (tertiary alicyclic amines) is 1. The van der Waals surface area contributed by atoms with Crippen molar-refractivity contribution in [2.24, 2.45) is 0 Å². The highest BCUT2D eigenvalue weighted by atomic mass is 28.5. The number of ether oxygens (including phenoxy) is 1. The normalized spacial score (nSPS) is 19.1. The van der Waals surface area contributed by atoms with Gasteiger partial charge in [0, 0.05) is 60.3 Å². The molecule has 10 nitrogen and oxygen atoms in total. The van der Waals surface area contributed by atoms with Crippen LogP contribution in [0, 0.1) is 0 Å². The first-order valence-electron chi connectivity index (χ1n) is 13.0. The van der Waals surface area contributed by atoms with Gasteiger partial charge < -0.3 is 39.5 Å². The number of hydrogen-bond acceptors (Lipinski definition) is 10. The minimum absolute atomic E-state index is 0.157. The van der Waals surface area contributed by atoms with E-state index in [1.807, 2.05) is 13.1 Å². The van der Waals surface area contributed by atoms with E-state index in [4.69, 9.17) is 39.5 Å². The van der Waals surface area contributed by atoms with E-state index in [2.05, 4.69) is 52.7 Å². The topological polar surface area (TPSA) is 86.3 Å². The number of rotatable bonds is 15. The van der Waals surface area contributed by atoms with E-state index in [1.165, 1.54) is 21.3 Å². The molecule has 1 fully saturated rings. The highest BCUT2D eigenvalue weighted by molar-refractivity contribution is 6.78. The first kappa shape index (κ1) is 37.5. The molecular weight excluding hydrogens is 547 g/mol. The van der Waals surface area contributed by atoms with Crippen molar-refractivity contribution in [3.05, 3.63) is 0 Å². The van der Waals surface area contributed by atoms with Crippen LogP contribution < -0.4 is 0 Å². The van der Waals surface area contributed by atoms with Crippen molar-refractivity contribution in [2.45, 2.75) is 96.4 Å². The van der Waals surface area contributed by atoms with Gasteiger partial charge in [0.25, 0.3) is 0 Å². The zero-order valence-electron chi connectivity index (χ0n) is 26.3. The van der Waals surface area contributed by atoms with Crippen molar-refractivity contribution in [1.29, 1.82) is 0 Å². The summed E-state index contributed by atoms with van der Waals surface area (Å²) < 4.78 is 49.3. The highest BCUT2D eigenvalue weighted by Crippen LogP contribution is 2.38. The summed E-state index contributed by atoms with van der Waals surface area (Å²) in [4.78, 5) is 2.48. The minimum atomic E-state index is -2.98. The van der Waals surface area contributed by atoms with Crippen LogP contribution in [0.15, 0.2) is 0 Å². The third kappa shape index (κ3) is 12.3. The van der Waals surface area contributed by atoms with Gasteiger partial charge in [0.1, 0.15) is 0 Å². The maximum Gasteiger partial charge on any atom is 0.668 e. The van der Waals surface area contributed by atoms with Gasteiger partial charge in [-0.2, -0.15) is 0 Å². The smallest absolute Gasteiger partial charge is 0.397 e. The quantitative estimate of drug-likeness (QED) is 0.202. The highest BCUT2D eigenvalue weighted by Gasteiger charge is 2.47. The van der Waals surface area contributed by atoms with E-state index >= 15 is 0 Å². The third-order valence-corrected chi connectivity index (χ3v) is 17.6. The Hall–Kier alpha value is 0.468. The van der Waals surface area contributed by atoms with Crippen LogP contribution in [0.25, 0.3) is 0 Å². The molecule has 0 radical (unpaired) electrons. The number of piperidine rings is 1. The Labute approximate surface area is 232 Å². The zero-order chi connectivity index (χ0) is 29.1. The molecule has 0 unspecified atom stereocenters. The predicted octanol–water partition coefficient (Wildman–Crippen LogP) is 4.00. The standard InChI is InChI=1S/C18H41NO5Si2.C5H16O4Si2/c1-17(2)14-16(15-18(3,4)19(17)5)23-12-11-13-25(9,10)24-26(20-6,21-7)22-8;1-6-11(7-2,8-3)9-10(4)5/h16H,11-15H2,1-10H3;10H,1-5H3. The first-order valence-corrected chi connectivity index (χ1v) is 22.1. The lowest BCUT2D eigenvalue weighted by atomic mass is 9.79. The number of nitrogens with zero attached hydrogens (tertiary/aromatic N) is 1. The fourth-order valence-corrected chi connectivity index (χ4v) is 14.2. The Balaban J connectivity index is 0.000000989. The summed E-state index contributed by atoms with van der Waals surface area (Å²) in [5, 5.41) is 0. The molecule has 14 heteroatoms. The van der Waals surface area contributed by atoms with Gasteiger partial charge in [0.15, 0.2) is 17.4 Å². The van der Waals surface area contributed by atoms with Crippen molar-refractivity contribution in [1.82, 2.24) is 4.90 Å². The van der Waals surface area contributed by atoms with Gasteiger partial charge in [0.2, 0.25) is 0 Å². The number of hydrogen-bond donors (Lipinski definition) is 0. The molecule has 0 N–H and O–H groups in total. The second-order valence-corrected chi connectivity index (χ2v) is 23.8. The van der Waals surface area contributed by atoms with Gasteiger partial charge >= 0.3 is 18.1 Å². The largest absolute Gasteiger partial charge is 0.668 e. The summed E-state index contributed by atoms with van der Waals surface area (Å²) in [7, 11) is 2.76. The average Bonchev–Trinajstić information content (AvgIpc) is 2.82. The molecular formula is C23H57NO9Si4. The third-order valence-electron chi connectivity index (χ3n) is 6.83. The van der Waals surface area contributed by atoms with Crippen molar-refractivity contribution in [3.8, 4) is 0 Å². The van der Waals surface area contributed by atoms with Gasteiger partial charge in [-0.05, 0) is 86.2 Å². The Bertz CT molecular complexity index is 599. The van der Waals surface area contributed by atoms with Crippen LogP contribution in [0.3, 0.4) is 0 Å². The molecule has 0 aromatic rings.